The Hall–Kier alpha value is -1.93. The first-order valence-corrected chi connectivity index (χ1v) is 10.6. The zero-order chi connectivity index (χ0) is 20.2. The number of esters is 2. The van der Waals surface area contributed by atoms with Gasteiger partial charge in [0.1, 0.15) is 6.10 Å². The highest BCUT2D eigenvalue weighted by Crippen LogP contribution is 2.52. The minimum absolute atomic E-state index is 0.231. The molecule has 0 aliphatic carbocycles. The van der Waals surface area contributed by atoms with Gasteiger partial charge in [-0.3, -0.25) is 9.59 Å². The molecule has 0 aromatic carbocycles. The molecule has 8 heteroatoms. The van der Waals surface area contributed by atoms with Crippen LogP contribution in [0.5, 0.6) is 0 Å². The number of unbranched alkanes of at least 4 members (excludes halogenated alkanes) is 2. The van der Waals surface area contributed by atoms with Gasteiger partial charge in [0.25, 0.3) is 0 Å². The molecule has 2 aliphatic rings. The summed E-state index contributed by atoms with van der Waals surface area (Å²) in [5, 5.41) is 5.70. The highest BCUT2D eigenvalue weighted by molar-refractivity contribution is 7.13. The van der Waals surface area contributed by atoms with E-state index in [4.69, 9.17) is 14.2 Å². The van der Waals surface area contributed by atoms with Crippen molar-refractivity contribution < 1.29 is 23.8 Å². The summed E-state index contributed by atoms with van der Waals surface area (Å²) in [4.78, 5) is 29.8. The molecule has 0 bridgehead atoms. The van der Waals surface area contributed by atoms with Gasteiger partial charge in [-0.05, 0) is 13.3 Å². The number of aromatic nitrogens is 1. The Morgan fingerprint density at radius 3 is 3.00 bits per heavy atom. The van der Waals surface area contributed by atoms with E-state index >= 15 is 0 Å². The van der Waals surface area contributed by atoms with Crippen molar-refractivity contribution in [1.82, 2.24) is 4.98 Å². The second-order valence-electron chi connectivity index (χ2n) is 7.60. The van der Waals surface area contributed by atoms with Gasteiger partial charge in [0, 0.05) is 31.4 Å². The number of cyclic esters (lactones) is 2. The van der Waals surface area contributed by atoms with Crippen LogP contribution in [-0.2, 0) is 29.4 Å². The van der Waals surface area contributed by atoms with Gasteiger partial charge in [-0.2, -0.15) is 0 Å². The van der Waals surface area contributed by atoms with Crippen molar-refractivity contribution in [3.8, 4) is 0 Å². The van der Waals surface area contributed by atoms with Crippen LogP contribution >= 0.6 is 11.3 Å². The van der Waals surface area contributed by atoms with Gasteiger partial charge in [-0.15, -0.1) is 17.9 Å². The van der Waals surface area contributed by atoms with E-state index < -0.39 is 29.1 Å². The number of carbonyl (C=O) groups is 2. The van der Waals surface area contributed by atoms with E-state index in [1.165, 1.54) is 11.3 Å². The van der Waals surface area contributed by atoms with Crippen LogP contribution in [0, 0.1) is 5.41 Å². The number of nitrogens with zero attached hydrogens (tertiary/aromatic N) is 1. The summed E-state index contributed by atoms with van der Waals surface area (Å²) >= 11 is 1.43. The molecule has 0 radical (unpaired) electrons. The number of hydrogen-bond donors (Lipinski definition) is 1. The van der Waals surface area contributed by atoms with Crippen LogP contribution in [-0.4, -0.2) is 42.8 Å². The van der Waals surface area contributed by atoms with Crippen LogP contribution in [0.25, 0.3) is 0 Å². The van der Waals surface area contributed by atoms with E-state index in [2.05, 4.69) is 23.8 Å². The monoisotopic (exact) mass is 408 g/mol. The summed E-state index contributed by atoms with van der Waals surface area (Å²) in [6.45, 7) is 9.14. The number of nitrogens with one attached hydrogen (secondary N) is 1. The fourth-order valence-electron chi connectivity index (χ4n) is 3.74. The maximum Gasteiger partial charge on any atom is 0.324 e. The molecule has 154 valence electrons. The van der Waals surface area contributed by atoms with E-state index in [1.807, 2.05) is 5.38 Å². The average molecular weight is 409 g/mol. The highest BCUT2D eigenvalue weighted by Gasteiger charge is 2.65. The first kappa shape index (κ1) is 20.8. The van der Waals surface area contributed by atoms with Crippen LogP contribution < -0.4 is 5.32 Å². The maximum absolute atomic E-state index is 12.7. The molecule has 1 N–H and O–H groups in total. The van der Waals surface area contributed by atoms with Crippen molar-refractivity contribution in [1.29, 1.82) is 0 Å². The topological polar surface area (TPSA) is 86.8 Å². The van der Waals surface area contributed by atoms with Gasteiger partial charge in [-0.1, -0.05) is 25.8 Å². The highest BCUT2D eigenvalue weighted by atomic mass is 32.1. The summed E-state index contributed by atoms with van der Waals surface area (Å²) < 4.78 is 16.8. The van der Waals surface area contributed by atoms with Crippen molar-refractivity contribution >= 4 is 28.4 Å². The summed E-state index contributed by atoms with van der Waals surface area (Å²) in [5.74, 6) is -1.04. The normalized spacial score (nSPS) is 29.1. The molecule has 1 aromatic heterocycles. The first-order valence-electron chi connectivity index (χ1n) is 9.76. The van der Waals surface area contributed by atoms with Crippen LogP contribution in [0.1, 0.15) is 51.6 Å². The zero-order valence-electron chi connectivity index (χ0n) is 16.5. The Labute approximate surface area is 169 Å². The van der Waals surface area contributed by atoms with Gasteiger partial charge in [0.05, 0.1) is 12.3 Å². The van der Waals surface area contributed by atoms with Crippen LogP contribution in [0.4, 0.5) is 5.13 Å². The van der Waals surface area contributed by atoms with Crippen molar-refractivity contribution in [3.63, 3.8) is 0 Å². The molecule has 1 spiro atoms. The molecule has 3 rings (SSSR count). The number of ether oxygens (including phenoxy) is 3. The lowest BCUT2D eigenvalue weighted by atomic mass is 9.78. The number of hydrogen-bond acceptors (Lipinski definition) is 8. The van der Waals surface area contributed by atoms with Gasteiger partial charge in [0.2, 0.25) is 0 Å². The lowest BCUT2D eigenvalue weighted by Crippen LogP contribution is -2.32. The molecule has 2 fully saturated rings. The number of carbonyl (C=O) groups excluding carboxylic acids is 2. The Morgan fingerprint density at radius 1 is 1.43 bits per heavy atom. The van der Waals surface area contributed by atoms with Crippen molar-refractivity contribution in [3.05, 3.63) is 23.7 Å². The fraction of sp³-hybridized carbons (Fsp3) is 0.650. The lowest BCUT2D eigenvalue weighted by Gasteiger charge is -2.20. The summed E-state index contributed by atoms with van der Waals surface area (Å²) in [7, 11) is 0. The second-order valence-corrected chi connectivity index (χ2v) is 8.46. The molecule has 2 saturated heterocycles. The van der Waals surface area contributed by atoms with Gasteiger partial charge < -0.3 is 19.5 Å². The molecule has 28 heavy (non-hydrogen) atoms. The first-order chi connectivity index (χ1) is 13.4. The van der Waals surface area contributed by atoms with Gasteiger partial charge >= 0.3 is 11.9 Å². The van der Waals surface area contributed by atoms with Crippen molar-refractivity contribution in [2.24, 2.45) is 5.41 Å². The van der Waals surface area contributed by atoms with Gasteiger partial charge in [-0.25, -0.2) is 4.98 Å². The molecule has 3 atom stereocenters. The van der Waals surface area contributed by atoms with Crippen molar-refractivity contribution in [2.45, 2.75) is 57.7 Å². The largest absolute Gasteiger partial charge is 0.459 e. The molecule has 1 aromatic rings. The van der Waals surface area contributed by atoms with E-state index in [0.717, 1.165) is 24.4 Å². The molecule has 0 unspecified atom stereocenters. The predicted octanol–water partition coefficient (Wildman–Crippen LogP) is 3.41. The average Bonchev–Trinajstić information content (AvgIpc) is 3.32. The summed E-state index contributed by atoms with van der Waals surface area (Å²) in [6, 6.07) is 0. The second kappa shape index (κ2) is 8.61. The molecule has 2 aliphatic heterocycles. The SMILES string of the molecule is C=CCNc1nc([C@]2(C)C[C@@]3(C[C@H](COCCCCC)OC3=O)C(=O)O2)cs1. The number of anilines is 1. The summed E-state index contributed by atoms with van der Waals surface area (Å²) in [5.41, 5.74) is -1.57. The van der Waals surface area contributed by atoms with Crippen LogP contribution in [0.2, 0.25) is 0 Å². The standard InChI is InChI=1S/C20H28N2O5S/c1-4-6-7-9-25-11-14-10-20(16(23)26-14)13-19(3,27-17(20)24)15-12-28-18(22-15)21-8-5-2/h5,12,14H,2,4,6-11,13H2,1,3H3,(H,21,22)/t14-,19+,20-/m1/s1. The third-order valence-corrected chi connectivity index (χ3v) is 6.03. The molecule has 3 heterocycles. The third kappa shape index (κ3) is 4.07. The molecule has 7 nitrogen and oxygen atoms in total. The Morgan fingerprint density at radius 2 is 2.25 bits per heavy atom. The van der Waals surface area contributed by atoms with Crippen LogP contribution in [0.15, 0.2) is 18.0 Å². The van der Waals surface area contributed by atoms with E-state index in [9.17, 15) is 9.59 Å². The number of thiazole rings is 1. The van der Waals surface area contributed by atoms with Crippen molar-refractivity contribution in [2.75, 3.05) is 25.1 Å². The minimum Gasteiger partial charge on any atom is -0.459 e. The lowest BCUT2D eigenvalue weighted by molar-refractivity contribution is -0.160. The van der Waals surface area contributed by atoms with E-state index in [-0.39, 0.29) is 6.42 Å². The Bertz CT molecular complexity index is 736. The molecule has 0 amide bonds. The Balaban J connectivity index is 1.64. The van der Waals surface area contributed by atoms with E-state index in [1.54, 1.807) is 13.0 Å². The zero-order valence-corrected chi connectivity index (χ0v) is 17.3. The third-order valence-electron chi connectivity index (χ3n) is 5.23. The predicted molar refractivity (Wildman–Crippen MR) is 106 cm³/mol. The summed E-state index contributed by atoms with van der Waals surface area (Å²) in [6.07, 6.45) is 5.06. The quantitative estimate of drug-likeness (QED) is 0.275. The van der Waals surface area contributed by atoms with Gasteiger partial charge in [0.15, 0.2) is 16.1 Å². The molecular weight excluding hydrogens is 380 g/mol. The minimum atomic E-state index is -1.26. The maximum atomic E-state index is 12.7. The Kier molecular flexibility index (Phi) is 6.40. The molecular formula is C20H28N2O5S. The smallest absolute Gasteiger partial charge is 0.324 e. The fourth-order valence-corrected chi connectivity index (χ4v) is 4.58. The van der Waals surface area contributed by atoms with E-state index in [0.29, 0.717) is 31.9 Å². The van der Waals surface area contributed by atoms with Crippen LogP contribution in [0.3, 0.4) is 0 Å². The molecule has 0 saturated carbocycles. The number of rotatable bonds is 10.